The minimum atomic E-state index is -0.204. The zero-order valence-electron chi connectivity index (χ0n) is 13.3. The molecule has 1 aromatic carbocycles. The van der Waals surface area contributed by atoms with Gasteiger partial charge in [-0.3, -0.25) is 4.79 Å². The van der Waals surface area contributed by atoms with Crippen LogP contribution in [0.5, 0.6) is 5.75 Å². The van der Waals surface area contributed by atoms with Crippen molar-refractivity contribution in [2.24, 2.45) is 0 Å². The Morgan fingerprint density at radius 2 is 2.00 bits per heavy atom. The van der Waals surface area contributed by atoms with Gasteiger partial charge in [-0.05, 0) is 37.5 Å². The number of hydrogen-bond acceptors (Lipinski definition) is 5. The van der Waals surface area contributed by atoms with Crippen molar-refractivity contribution < 1.29 is 9.53 Å². The Morgan fingerprint density at radius 3 is 2.65 bits per heavy atom. The number of amides is 1. The summed E-state index contributed by atoms with van der Waals surface area (Å²) in [5.41, 5.74) is 1.38. The summed E-state index contributed by atoms with van der Waals surface area (Å²) in [5.74, 6) is 1.90. The number of anilines is 1. The number of carbonyl (C=O) groups excluding carboxylic acids is 1. The van der Waals surface area contributed by atoms with Crippen LogP contribution in [0.4, 0.5) is 5.82 Å². The summed E-state index contributed by atoms with van der Waals surface area (Å²) >= 11 is 0. The molecule has 120 valence electrons. The third kappa shape index (κ3) is 4.18. The molecular formula is C17H20N4O2. The van der Waals surface area contributed by atoms with E-state index in [1.54, 1.807) is 20.1 Å². The van der Waals surface area contributed by atoms with Gasteiger partial charge in [-0.1, -0.05) is 12.1 Å². The lowest BCUT2D eigenvalue weighted by atomic mass is 10.2. The van der Waals surface area contributed by atoms with Gasteiger partial charge in [-0.15, -0.1) is 0 Å². The quantitative estimate of drug-likeness (QED) is 0.856. The topological polar surface area (TPSA) is 76.1 Å². The predicted molar refractivity (Wildman–Crippen MR) is 87.6 cm³/mol. The van der Waals surface area contributed by atoms with Crippen molar-refractivity contribution in [1.82, 2.24) is 15.3 Å². The van der Waals surface area contributed by atoms with Gasteiger partial charge in [0.2, 0.25) is 0 Å². The first-order valence-corrected chi connectivity index (χ1v) is 7.67. The maximum absolute atomic E-state index is 12.3. The molecule has 1 aromatic heterocycles. The number of methoxy groups -OCH3 is 1. The van der Waals surface area contributed by atoms with Crippen LogP contribution in [0.2, 0.25) is 0 Å². The van der Waals surface area contributed by atoms with Gasteiger partial charge in [-0.25, -0.2) is 9.97 Å². The van der Waals surface area contributed by atoms with Crippen molar-refractivity contribution in [2.75, 3.05) is 12.4 Å². The van der Waals surface area contributed by atoms with Gasteiger partial charge in [0.15, 0.2) is 0 Å². The van der Waals surface area contributed by atoms with Crippen molar-refractivity contribution >= 4 is 11.7 Å². The van der Waals surface area contributed by atoms with Gasteiger partial charge >= 0.3 is 0 Å². The van der Waals surface area contributed by atoms with E-state index >= 15 is 0 Å². The molecule has 1 fully saturated rings. The lowest BCUT2D eigenvalue weighted by Crippen LogP contribution is -2.24. The van der Waals surface area contributed by atoms with Gasteiger partial charge in [-0.2, -0.15) is 0 Å². The molecule has 1 saturated carbocycles. The molecule has 1 aliphatic carbocycles. The molecule has 1 heterocycles. The molecule has 2 aromatic rings. The summed E-state index contributed by atoms with van der Waals surface area (Å²) in [5, 5.41) is 6.17. The molecule has 0 bridgehead atoms. The molecule has 23 heavy (non-hydrogen) atoms. The molecule has 1 amide bonds. The fourth-order valence-corrected chi connectivity index (χ4v) is 2.21. The Kier molecular flexibility index (Phi) is 4.41. The average molecular weight is 312 g/mol. The first kappa shape index (κ1) is 15.3. The number of ether oxygens (including phenoxy) is 1. The van der Waals surface area contributed by atoms with Crippen LogP contribution in [0, 0.1) is 6.92 Å². The Labute approximate surface area is 135 Å². The monoisotopic (exact) mass is 312 g/mol. The Morgan fingerprint density at radius 1 is 1.26 bits per heavy atom. The largest absolute Gasteiger partial charge is 0.497 e. The van der Waals surface area contributed by atoms with Crippen molar-refractivity contribution in [2.45, 2.75) is 32.4 Å². The van der Waals surface area contributed by atoms with E-state index in [0.29, 0.717) is 24.1 Å². The van der Waals surface area contributed by atoms with Crippen molar-refractivity contribution in [3.8, 4) is 5.75 Å². The highest BCUT2D eigenvalue weighted by atomic mass is 16.5. The summed E-state index contributed by atoms with van der Waals surface area (Å²) in [7, 11) is 1.63. The summed E-state index contributed by atoms with van der Waals surface area (Å²) in [4.78, 5) is 20.8. The van der Waals surface area contributed by atoms with Crippen molar-refractivity contribution in [1.29, 1.82) is 0 Å². The summed E-state index contributed by atoms with van der Waals surface area (Å²) in [6.45, 7) is 2.23. The van der Waals surface area contributed by atoms with Crippen LogP contribution in [0.1, 0.15) is 34.7 Å². The molecule has 0 radical (unpaired) electrons. The predicted octanol–water partition coefficient (Wildman–Crippen LogP) is 2.30. The summed E-state index contributed by atoms with van der Waals surface area (Å²) < 4.78 is 5.12. The highest BCUT2D eigenvalue weighted by Gasteiger charge is 2.22. The third-order valence-corrected chi connectivity index (χ3v) is 3.61. The molecule has 6 nitrogen and oxygen atoms in total. The van der Waals surface area contributed by atoms with Crippen LogP contribution in [-0.4, -0.2) is 29.0 Å². The zero-order valence-corrected chi connectivity index (χ0v) is 13.3. The van der Waals surface area contributed by atoms with Crippen LogP contribution in [0.25, 0.3) is 0 Å². The van der Waals surface area contributed by atoms with E-state index in [1.165, 1.54) is 0 Å². The Balaban J connectivity index is 1.63. The zero-order chi connectivity index (χ0) is 16.2. The van der Waals surface area contributed by atoms with Gasteiger partial charge in [0, 0.05) is 18.7 Å². The van der Waals surface area contributed by atoms with Crippen molar-refractivity contribution in [3.63, 3.8) is 0 Å². The van der Waals surface area contributed by atoms with E-state index in [4.69, 9.17) is 4.74 Å². The van der Waals surface area contributed by atoms with Crippen LogP contribution >= 0.6 is 0 Å². The second-order valence-corrected chi connectivity index (χ2v) is 5.64. The van der Waals surface area contributed by atoms with E-state index in [-0.39, 0.29) is 5.91 Å². The van der Waals surface area contributed by atoms with E-state index in [0.717, 1.165) is 30.0 Å². The fourth-order valence-electron chi connectivity index (χ4n) is 2.21. The molecule has 3 rings (SSSR count). The summed E-state index contributed by atoms with van der Waals surface area (Å²) in [6.07, 6.45) is 2.31. The molecule has 0 aliphatic heterocycles. The number of aromatic nitrogens is 2. The Bertz CT molecular complexity index is 696. The number of nitrogens with one attached hydrogen (secondary N) is 2. The van der Waals surface area contributed by atoms with Gasteiger partial charge in [0.05, 0.1) is 7.11 Å². The third-order valence-electron chi connectivity index (χ3n) is 3.61. The molecule has 0 spiro atoms. The van der Waals surface area contributed by atoms with E-state index in [2.05, 4.69) is 20.6 Å². The Hall–Kier alpha value is -2.63. The standard InChI is InChI=1S/C17H20N4O2/c1-11-19-15(9-16(20-11)21-13-5-6-13)17(22)18-10-12-3-7-14(23-2)8-4-12/h3-4,7-9,13H,5-6,10H2,1-2H3,(H,18,22)(H,19,20,21). The van der Waals surface area contributed by atoms with Crippen molar-refractivity contribution in [3.05, 3.63) is 47.4 Å². The number of benzene rings is 1. The minimum Gasteiger partial charge on any atom is -0.497 e. The average Bonchev–Trinajstić information content (AvgIpc) is 3.36. The number of aryl methyl sites for hydroxylation is 1. The van der Waals surface area contributed by atoms with Crippen LogP contribution in [-0.2, 0) is 6.54 Å². The summed E-state index contributed by atoms with van der Waals surface area (Å²) in [6, 6.07) is 9.77. The van der Waals surface area contributed by atoms with Crippen LogP contribution in [0.15, 0.2) is 30.3 Å². The second-order valence-electron chi connectivity index (χ2n) is 5.64. The lowest BCUT2D eigenvalue weighted by molar-refractivity contribution is 0.0945. The van der Waals surface area contributed by atoms with Gasteiger partial charge in [0.25, 0.3) is 5.91 Å². The first-order valence-electron chi connectivity index (χ1n) is 7.67. The SMILES string of the molecule is COc1ccc(CNC(=O)c2cc(NC3CC3)nc(C)n2)cc1. The highest BCUT2D eigenvalue weighted by Crippen LogP contribution is 2.23. The first-order chi connectivity index (χ1) is 11.1. The van der Waals surface area contributed by atoms with Crippen LogP contribution < -0.4 is 15.4 Å². The smallest absolute Gasteiger partial charge is 0.270 e. The molecule has 0 atom stereocenters. The van der Waals surface area contributed by atoms with Gasteiger partial charge in [0.1, 0.15) is 23.1 Å². The molecule has 2 N–H and O–H groups in total. The maximum atomic E-state index is 12.3. The fraction of sp³-hybridized carbons (Fsp3) is 0.353. The molecule has 0 saturated heterocycles. The number of carbonyl (C=O) groups is 1. The van der Waals surface area contributed by atoms with Crippen LogP contribution in [0.3, 0.4) is 0 Å². The molecule has 0 unspecified atom stereocenters. The van der Waals surface area contributed by atoms with E-state index in [1.807, 2.05) is 24.3 Å². The normalized spacial score (nSPS) is 13.5. The van der Waals surface area contributed by atoms with E-state index < -0.39 is 0 Å². The second kappa shape index (κ2) is 6.64. The highest BCUT2D eigenvalue weighted by molar-refractivity contribution is 5.92. The number of rotatable bonds is 6. The minimum absolute atomic E-state index is 0.204. The molecular weight excluding hydrogens is 292 g/mol. The number of hydrogen-bond donors (Lipinski definition) is 2. The van der Waals surface area contributed by atoms with E-state index in [9.17, 15) is 4.79 Å². The van der Waals surface area contributed by atoms with Gasteiger partial charge < -0.3 is 15.4 Å². The lowest BCUT2D eigenvalue weighted by Gasteiger charge is -2.09. The maximum Gasteiger partial charge on any atom is 0.270 e. The molecule has 6 heteroatoms. The molecule has 1 aliphatic rings. The number of nitrogens with zero attached hydrogens (tertiary/aromatic N) is 2.